The van der Waals surface area contributed by atoms with Crippen molar-refractivity contribution in [3.8, 4) is 5.75 Å². The van der Waals surface area contributed by atoms with E-state index in [1.807, 2.05) is 24.3 Å². The number of carbonyl (C=O) groups excluding carboxylic acids is 1. The van der Waals surface area contributed by atoms with Crippen LogP contribution in [0.2, 0.25) is 0 Å². The van der Waals surface area contributed by atoms with Crippen molar-refractivity contribution >= 4 is 28.9 Å². The lowest BCUT2D eigenvalue weighted by molar-refractivity contribution is -0.134. The number of hydrogen-bond donors (Lipinski definition) is 2. The first-order chi connectivity index (χ1) is 15.0. The number of H-pyrrole nitrogens is 1. The molecule has 31 heavy (non-hydrogen) atoms. The molecular weight excluding hydrogens is 398 g/mol. The molecule has 0 fully saturated rings. The van der Waals surface area contributed by atoms with Gasteiger partial charge >= 0.3 is 5.97 Å². The topological polar surface area (TPSA) is 105 Å². The lowest BCUT2D eigenvalue weighted by atomic mass is 9.99. The molecule has 0 atom stereocenters. The van der Waals surface area contributed by atoms with Gasteiger partial charge in [-0.15, -0.1) is 0 Å². The second-order valence-corrected chi connectivity index (χ2v) is 7.37. The molecule has 0 saturated heterocycles. The van der Waals surface area contributed by atoms with Crippen LogP contribution in [0.4, 0.5) is 0 Å². The molecule has 2 aliphatic rings. The first-order valence-corrected chi connectivity index (χ1v) is 9.80. The number of aromatic amines is 1. The van der Waals surface area contributed by atoms with Gasteiger partial charge in [-0.25, -0.2) is 9.78 Å². The van der Waals surface area contributed by atoms with Gasteiger partial charge in [-0.1, -0.05) is 6.07 Å². The number of carboxylic acid groups (broad SMARTS) is 1. The first kappa shape index (κ1) is 18.9. The zero-order valence-electron chi connectivity index (χ0n) is 16.7. The highest BCUT2D eigenvalue weighted by atomic mass is 16.5. The number of aromatic nitrogens is 2. The molecule has 8 nitrogen and oxygen atoms in total. The summed E-state index contributed by atoms with van der Waals surface area (Å²) in [5, 5.41) is 10.5. The number of aliphatic carboxylic acids is 1. The van der Waals surface area contributed by atoms with Gasteiger partial charge in [-0.3, -0.25) is 4.79 Å². The van der Waals surface area contributed by atoms with E-state index in [1.165, 1.54) is 5.56 Å². The van der Waals surface area contributed by atoms with Crippen LogP contribution in [0, 0.1) is 0 Å². The summed E-state index contributed by atoms with van der Waals surface area (Å²) in [5.74, 6) is -1.16. The van der Waals surface area contributed by atoms with E-state index in [-0.39, 0.29) is 17.2 Å². The summed E-state index contributed by atoms with van der Waals surface area (Å²) in [6, 6.07) is 9.50. The molecule has 0 bridgehead atoms. The van der Waals surface area contributed by atoms with Crippen molar-refractivity contribution in [3.05, 3.63) is 76.6 Å². The van der Waals surface area contributed by atoms with E-state index in [1.54, 1.807) is 36.5 Å². The van der Waals surface area contributed by atoms with Crippen molar-refractivity contribution in [2.45, 2.75) is 13.0 Å². The largest absolute Gasteiger partial charge is 0.497 e. The maximum Gasteiger partial charge on any atom is 0.345 e. The molecular formula is C23H19N3O5. The molecule has 156 valence electrons. The Hall–Kier alpha value is -4.07. The summed E-state index contributed by atoms with van der Waals surface area (Å²) in [7, 11) is 1.60. The van der Waals surface area contributed by atoms with Crippen LogP contribution in [0.1, 0.15) is 16.7 Å². The predicted octanol–water partition coefficient (Wildman–Crippen LogP) is 2.87. The normalized spacial score (nSPS) is 17.3. The second kappa shape index (κ2) is 7.32. The lowest BCUT2D eigenvalue weighted by Crippen LogP contribution is -2.31. The number of benzene rings is 1. The average Bonchev–Trinajstić information content (AvgIpc) is 3.34. The molecule has 0 amide bonds. The Bertz CT molecular complexity index is 1290. The lowest BCUT2D eigenvalue weighted by Gasteiger charge is -2.30. The van der Waals surface area contributed by atoms with E-state index < -0.39 is 11.8 Å². The number of hydrogen-bond acceptors (Lipinski definition) is 6. The minimum absolute atomic E-state index is 0.0198. The first-order valence-electron chi connectivity index (χ1n) is 9.80. The van der Waals surface area contributed by atoms with Crippen molar-refractivity contribution in [3.63, 3.8) is 0 Å². The van der Waals surface area contributed by atoms with Gasteiger partial charge in [0, 0.05) is 36.4 Å². The molecule has 4 heterocycles. The zero-order valence-corrected chi connectivity index (χ0v) is 16.7. The number of ether oxygens (including phenoxy) is 2. The fourth-order valence-electron chi connectivity index (χ4n) is 4.00. The van der Waals surface area contributed by atoms with Crippen LogP contribution in [0.15, 0.2) is 59.9 Å². The molecule has 1 aromatic carbocycles. The SMILES string of the molecule is COc1ccc2c(c1)CN(C1=C(C(=O)O)C(=O)/C(=C/c3c[nH]c4ncccc34)O1)CC2. The molecule has 0 saturated carbocycles. The molecule has 0 spiro atoms. The molecule has 0 aliphatic carbocycles. The highest BCUT2D eigenvalue weighted by molar-refractivity contribution is 6.26. The number of nitrogens with one attached hydrogen (secondary N) is 1. The van der Waals surface area contributed by atoms with Gasteiger partial charge in [0.1, 0.15) is 11.4 Å². The third kappa shape index (κ3) is 3.22. The van der Waals surface area contributed by atoms with E-state index in [0.717, 1.165) is 16.7 Å². The zero-order chi connectivity index (χ0) is 21.5. The fraction of sp³-hybridized carbons (Fsp3) is 0.174. The number of rotatable bonds is 4. The summed E-state index contributed by atoms with van der Waals surface area (Å²) >= 11 is 0. The molecule has 2 aliphatic heterocycles. The highest BCUT2D eigenvalue weighted by Gasteiger charge is 2.39. The van der Waals surface area contributed by atoms with Crippen LogP contribution in [0.25, 0.3) is 17.1 Å². The van der Waals surface area contributed by atoms with Gasteiger partial charge < -0.3 is 24.5 Å². The number of Topliss-reactive ketones (excluding diaryl/α,β-unsaturated/α-hetero) is 1. The molecule has 3 aromatic rings. The summed E-state index contributed by atoms with van der Waals surface area (Å²) in [6.45, 7) is 0.971. The van der Waals surface area contributed by atoms with E-state index >= 15 is 0 Å². The van der Waals surface area contributed by atoms with Crippen LogP contribution in [-0.2, 0) is 27.3 Å². The van der Waals surface area contributed by atoms with E-state index in [2.05, 4.69) is 9.97 Å². The highest BCUT2D eigenvalue weighted by Crippen LogP contribution is 2.34. The van der Waals surface area contributed by atoms with Crippen LogP contribution in [0.3, 0.4) is 0 Å². The van der Waals surface area contributed by atoms with Gasteiger partial charge in [0.15, 0.2) is 11.3 Å². The van der Waals surface area contributed by atoms with Gasteiger partial charge in [0.05, 0.1) is 7.11 Å². The Balaban J connectivity index is 1.49. The minimum atomic E-state index is -1.31. The number of allylic oxidation sites excluding steroid dienone is 1. The molecule has 0 unspecified atom stereocenters. The molecule has 0 radical (unpaired) electrons. The van der Waals surface area contributed by atoms with E-state index in [9.17, 15) is 14.7 Å². The van der Waals surface area contributed by atoms with Crippen molar-refractivity contribution in [2.24, 2.45) is 0 Å². The van der Waals surface area contributed by atoms with Crippen LogP contribution < -0.4 is 4.74 Å². The fourth-order valence-corrected chi connectivity index (χ4v) is 4.00. The number of pyridine rings is 1. The van der Waals surface area contributed by atoms with E-state index in [0.29, 0.717) is 30.7 Å². The number of fused-ring (bicyclic) bond motifs is 2. The molecule has 2 aromatic heterocycles. The Morgan fingerprint density at radius 3 is 3.00 bits per heavy atom. The number of carboxylic acids is 1. The van der Waals surface area contributed by atoms with Crippen molar-refractivity contribution in [2.75, 3.05) is 13.7 Å². The molecule has 2 N–H and O–H groups in total. The van der Waals surface area contributed by atoms with Crippen molar-refractivity contribution in [1.82, 2.24) is 14.9 Å². The molecule has 5 rings (SSSR count). The number of methoxy groups -OCH3 is 1. The summed E-state index contributed by atoms with van der Waals surface area (Å²) in [4.78, 5) is 33.9. The number of nitrogens with zero attached hydrogens (tertiary/aromatic N) is 2. The maximum atomic E-state index is 12.9. The Morgan fingerprint density at radius 1 is 1.32 bits per heavy atom. The summed E-state index contributed by atoms with van der Waals surface area (Å²) < 4.78 is 11.2. The number of carbonyl (C=O) groups is 2. The van der Waals surface area contributed by atoms with Gasteiger partial charge in [-0.2, -0.15) is 0 Å². The van der Waals surface area contributed by atoms with Crippen molar-refractivity contribution in [1.29, 1.82) is 0 Å². The predicted molar refractivity (Wildman–Crippen MR) is 112 cm³/mol. The summed E-state index contributed by atoms with van der Waals surface area (Å²) in [5.41, 5.74) is 3.20. The minimum Gasteiger partial charge on any atom is -0.497 e. The molecule has 8 heteroatoms. The third-order valence-electron chi connectivity index (χ3n) is 5.57. The standard InChI is InChI=1S/C23H19N3O5/c1-30-16-5-4-13-6-8-26(12-15(13)9-16)22-19(23(28)29)20(27)18(31-22)10-14-11-25-21-17(14)3-2-7-24-21/h2-5,7,9-11H,6,8,12H2,1H3,(H,24,25)(H,28,29)/b18-10-. The average molecular weight is 417 g/mol. The van der Waals surface area contributed by atoms with Crippen LogP contribution >= 0.6 is 0 Å². The van der Waals surface area contributed by atoms with Crippen molar-refractivity contribution < 1.29 is 24.2 Å². The summed E-state index contributed by atoms with van der Waals surface area (Å²) in [6.07, 6.45) is 5.64. The van der Waals surface area contributed by atoms with Gasteiger partial charge in [0.25, 0.3) is 0 Å². The van der Waals surface area contributed by atoms with E-state index in [4.69, 9.17) is 9.47 Å². The Morgan fingerprint density at radius 2 is 2.19 bits per heavy atom. The van der Waals surface area contributed by atoms with Gasteiger partial charge in [-0.05, 0) is 47.9 Å². The maximum absolute atomic E-state index is 12.9. The second-order valence-electron chi connectivity index (χ2n) is 7.37. The van der Waals surface area contributed by atoms with Gasteiger partial charge in [0.2, 0.25) is 11.7 Å². The third-order valence-corrected chi connectivity index (χ3v) is 5.57. The quantitative estimate of drug-likeness (QED) is 0.497. The number of ketones is 1. The smallest absolute Gasteiger partial charge is 0.345 e. The van der Waals surface area contributed by atoms with Crippen LogP contribution in [0.5, 0.6) is 5.75 Å². The Kier molecular flexibility index (Phi) is 4.47. The Labute approximate surface area is 177 Å². The monoisotopic (exact) mass is 417 g/mol. The van der Waals surface area contributed by atoms with Crippen LogP contribution in [-0.4, -0.2) is 45.4 Å².